The van der Waals surface area contributed by atoms with Crippen molar-refractivity contribution in [2.24, 2.45) is 0 Å². The zero-order valence-electron chi connectivity index (χ0n) is 9.66. The molecule has 1 aromatic rings. The van der Waals surface area contributed by atoms with Gasteiger partial charge >= 0.3 is 0 Å². The second-order valence-corrected chi connectivity index (χ2v) is 5.41. The summed E-state index contributed by atoms with van der Waals surface area (Å²) < 4.78 is 5.28. The Morgan fingerprint density at radius 3 is 2.88 bits per heavy atom. The fraction of sp³-hybridized carbons (Fsp3) is 0.667. The average Bonchev–Trinajstić information content (AvgIpc) is 2.96. The first-order chi connectivity index (χ1) is 7.79. The zero-order valence-corrected chi connectivity index (χ0v) is 10.5. The van der Waals surface area contributed by atoms with Gasteiger partial charge in [-0.3, -0.25) is 0 Å². The van der Waals surface area contributed by atoms with E-state index < -0.39 is 0 Å². The second kappa shape index (κ2) is 5.17. The quantitative estimate of drug-likeness (QED) is 0.830. The summed E-state index contributed by atoms with van der Waals surface area (Å²) in [7, 11) is 1.70. The third kappa shape index (κ3) is 2.39. The van der Waals surface area contributed by atoms with Gasteiger partial charge in [0.05, 0.1) is 18.6 Å². The third-order valence-corrected chi connectivity index (χ3v) is 4.31. The minimum Gasteiger partial charge on any atom is -0.496 e. The molecular formula is C12H19NO2S. The lowest BCUT2D eigenvalue weighted by Crippen LogP contribution is -2.45. The smallest absolute Gasteiger partial charge is 0.134 e. The molecule has 0 unspecified atom stereocenters. The SMILES string of the molecule is COc1ccsc1CNC1(CO)CCCC1. The predicted molar refractivity (Wildman–Crippen MR) is 66.0 cm³/mol. The molecule has 4 heteroatoms. The molecule has 2 rings (SSSR count). The molecule has 1 fully saturated rings. The van der Waals surface area contributed by atoms with Crippen LogP contribution in [0, 0.1) is 0 Å². The van der Waals surface area contributed by atoms with Crippen LogP contribution in [0.4, 0.5) is 0 Å². The molecule has 0 saturated heterocycles. The van der Waals surface area contributed by atoms with E-state index in [1.54, 1.807) is 18.4 Å². The number of hydrogen-bond donors (Lipinski definition) is 2. The average molecular weight is 241 g/mol. The molecule has 0 aliphatic heterocycles. The Balaban J connectivity index is 1.95. The van der Waals surface area contributed by atoms with Gasteiger partial charge < -0.3 is 15.2 Å². The molecule has 1 heterocycles. The first kappa shape index (κ1) is 11.9. The van der Waals surface area contributed by atoms with Crippen LogP contribution in [0.1, 0.15) is 30.6 Å². The monoisotopic (exact) mass is 241 g/mol. The van der Waals surface area contributed by atoms with E-state index in [2.05, 4.69) is 5.32 Å². The summed E-state index contributed by atoms with van der Waals surface area (Å²) in [6.07, 6.45) is 4.60. The van der Waals surface area contributed by atoms with Crippen LogP contribution < -0.4 is 10.1 Å². The summed E-state index contributed by atoms with van der Waals surface area (Å²) >= 11 is 1.70. The van der Waals surface area contributed by atoms with Crippen LogP contribution in [0.2, 0.25) is 0 Å². The minimum atomic E-state index is -0.0466. The molecule has 0 bridgehead atoms. The van der Waals surface area contributed by atoms with E-state index in [1.807, 2.05) is 11.4 Å². The number of ether oxygens (including phenoxy) is 1. The molecule has 0 spiro atoms. The summed E-state index contributed by atoms with van der Waals surface area (Å²) in [5, 5.41) is 15.0. The fourth-order valence-corrected chi connectivity index (χ4v) is 3.13. The molecule has 0 atom stereocenters. The zero-order chi connectivity index (χ0) is 11.4. The molecule has 16 heavy (non-hydrogen) atoms. The van der Waals surface area contributed by atoms with Gasteiger partial charge in [0.1, 0.15) is 5.75 Å². The van der Waals surface area contributed by atoms with Crippen molar-refractivity contribution in [1.82, 2.24) is 5.32 Å². The molecule has 1 aliphatic carbocycles. The van der Waals surface area contributed by atoms with E-state index in [-0.39, 0.29) is 12.1 Å². The molecular weight excluding hydrogens is 222 g/mol. The van der Waals surface area contributed by atoms with E-state index in [0.717, 1.165) is 25.1 Å². The van der Waals surface area contributed by atoms with Gasteiger partial charge in [0, 0.05) is 12.1 Å². The highest BCUT2D eigenvalue weighted by atomic mass is 32.1. The topological polar surface area (TPSA) is 41.5 Å². The number of hydrogen-bond acceptors (Lipinski definition) is 4. The Hall–Kier alpha value is -0.580. The fourth-order valence-electron chi connectivity index (χ4n) is 2.35. The molecule has 0 aromatic carbocycles. The normalized spacial score (nSPS) is 18.9. The highest BCUT2D eigenvalue weighted by Gasteiger charge is 2.32. The van der Waals surface area contributed by atoms with Crippen LogP contribution in [0.15, 0.2) is 11.4 Å². The van der Waals surface area contributed by atoms with Gasteiger partial charge in [0.15, 0.2) is 0 Å². The maximum Gasteiger partial charge on any atom is 0.134 e. The van der Waals surface area contributed by atoms with Crippen molar-refractivity contribution < 1.29 is 9.84 Å². The van der Waals surface area contributed by atoms with Gasteiger partial charge in [-0.15, -0.1) is 11.3 Å². The molecule has 0 amide bonds. The summed E-state index contributed by atoms with van der Waals surface area (Å²) in [5.41, 5.74) is -0.0466. The van der Waals surface area contributed by atoms with Gasteiger partial charge in [-0.2, -0.15) is 0 Å². The van der Waals surface area contributed by atoms with Gasteiger partial charge in [-0.05, 0) is 24.3 Å². The van der Waals surface area contributed by atoms with Gasteiger partial charge in [0.2, 0.25) is 0 Å². The van der Waals surface area contributed by atoms with Crippen molar-refractivity contribution in [2.75, 3.05) is 13.7 Å². The number of thiophene rings is 1. The molecule has 2 N–H and O–H groups in total. The Labute approximate surface area is 100 Å². The largest absolute Gasteiger partial charge is 0.496 e. The number of rotatable bonds is 5. The van der Waals surface area contributed by atoms with Crippen molar-refractivity contribution in [1.29, 1.82) is 0 Å². The standard InChI is InChI=1S/C12H19NO2S/c1-15-10-4-7-16-11(10)8-13-12(9-14)5-2-3-6-12/h4,7,13-14H,2-3,5-6,8-9H2,1H3. The Morgan fingerprint density at radius 1 is 1.50 bits per heavy atom. The second-order valence-electron chi connectivity index (χ2n) is 4.41. The number of methoxy groups -OCH3 is 1. The predicted octanol–water partition coefficient (Wildman–Crippen LogP) is 2.15. The minimum absolute atomic E-state index is 0.0466. The summed E-state index contributed by atoms with van der Waals surface area (Å²) in [4.78, 5) is 1.21. The molecule has 0 radical (unpaired) electrons. The molecule has 90 valence electrons. The number of nitrogens with one attached hydrogen (secondary N) is 1. The van der Waals surface area contributed by atoms with Crippen LogP contribution in [0.25, 0.3) is 0 Å². The van der Waals surface area contributed by atoms with E-state index in [4.69, 9.17) is 4.74 Å². The lowest BCUT2D eigenvalue weighted by atomic mass is 9.99. The lowest BCUT2D eigenvalue weighted by Gasteiger charge is -2.28. The first-order valence-corrected chi connectivity index (χ1v) is 6.64. The van der Waals surface area contributed by atoms with E-state index in [9.17, 15) is 5.11 Å². The van der Waals surface area contributed by atoms with Crippen LogP contribution >= 0.6 is 11.3 Å². The lowest BCUT2D eigenvalue weighted by molar-refractivity contribution is 0.163. The highest BCUT2D eigenvalue weighted by Crippen LogP contribution is 2.31. The van der Waals surface area contributed by atoms with Crippen molar-refractivity contribution in [2.45, 2.75) is 37.8 Å². The Bertz CT molecular complexity index is 332. The maximum absolute atomic E-state index is 9.48. The van der Waals surface area contributed by atoms with E-state index in [0.29, 0.717) is 0 Å². The number of aliphatic hydroxyl groups excluding tert-OH is 1. The molecule has 1 aromatic heterocycles. The van der Waals surface area contributed by atoms with Gasteiger partial charge in [-0.25, -0.2) is 0 Å². The molecule has 1 aliphatic rings. The highest BCUT2D eigenvalue weighted by molar-refractivity contribution is 7.10. The summed E-state index contributed by atoms with van der Waals surface area (Å²) in [6.45, 7) is 1.03. The van der Waals surface area contributed by atoms with Crippen LogP contribution in [-0.2, 0) is 6.54 Å². The van der Waals surface area contributed by atoms with E-state index in [1.165, 1.54) is 17.7 Å². The van der Waals surface area contributed by atoms with Crippen molar-refractivity contribution >= 4 is 11.3 Å². The number of aliphatic hydroxyl groups is 1. The molecule has 1 saturated carbocycles. The van der Waals surface area contributed by atoms with Crippen LogP contribution in [0.5, 0.6) is 5.75 Å². The first-order valence-electron chi connectivity index (χ1n) is 5.76. The Kier molecular flexibility index (Phi) is 3.84. The summed E-state index contributed by atoms with van der Waals surface area (Å²) in [6, 6.07) is 1.99. The third-order valence-electron chi connectivity index (χ3n) is 3.41. The van der Waals surface area contributed by atoms with Crippen molar-refractivity contribution in [3.05, 3.63) is 16.3 Å². The molecule has 3 nitrogen and oxygen atoms in total. The van der Waals surface area contributed by atoms with Crippen LogP contribution in [0.3, 0.4) is 0 Å². The van der Waals surface area contributed by atoms with Crippen molar-refractivity contribution in [3.63, 3.8) is 0 Å². The Morgan fingerprint density at radius 2 is 2.25 bits per heavy atom. The van der Waals surface area contributed by atoms with E-state index >= 15 is 0 Å². The maximum atomic E-state index is 9.48. The van der Waals surface area contributed by atoms with Gasteiger partial charge in [0.25, 0.3) is 0 Å². The van der Waals surface area contributed by atoms with Crippen molar-refractivity contribution in [3.8, 4) is 5.75 Å². The van der Waals surface area contributed by atoms with Gasteiger partial charge in [-0.1, -0.05) is 12.8 Å². The summed E-state index contributed by atoms with van der Waals surface area (Å²) in [5.74, 6) is 0.948. The van der Waals surface area contributed by atoms with Crippen LogP contribution in [-0.4, -0.2) is 24.4 Å².